The van der Waals surface area contributed by atoms with Crippen LogP contribution >= 0.6 is 0 Å². The monoisotopic (exact) mass is 578 g/mol. The van der Waals surface area contributed by atoms with Gasteiger partial charge < -0.3 is 10.2 Å². The summed E-state index contributed by atoms with van der Waals surface area (Å²) < 4.78 is 0.837. The van der Waals surface area contributed by atoms with E-state index < -0.39 is 0 Å². The van der Waals surface area contributed by atoms with E-state index >= 15 is 0 Å². The van der Waals surface area contributed by atoms with Crippen molar-refractivity contribution in [3.63, 3.8) is 0 Å². The molecule has 3 aromatic heterocycles. The number of H-pyrrole nitrogens is 2. The normalized spacial score (nSPS) is 11.7. The predicted molar refractivity (Wildman–Crippen MR) is 157 cm³/mol. The van der Waals surface area contributed by atoms with Gasteiger partial charge in [-0.1, -0.05) is 77.8 Å². The average Bonchev–Trinajstić information content (AvgIpc) is 3.76. The van der Waals surface area contributed by atoms with Gasteiger partial charge in [0.1, 0.15) is 11.3 Å². The molecule has 8 bridgehead atoms. The zero-order valence-corrected chi connectivity index (χ0v) is 23.4. The Kier molecular flexibility index (Phi) is 5.34. The standard InChI is InChI=1S/C32H18N8O.Ti/c41-40-31-23-15-7-5-13-21(23)29(38-31)36-27-19-11-3-1-9-17(19)25(34-27)33-26-18-10-2-4-12-20(18)28(35-26)37-30-22-14-6-8-16-24(22)32(40)39-30;/h1-16H,(H2,33,34,35,36,37,38,39);/q;+4. The minimum Gasteiger partial charge on any atom is -0.740 e. The molecule has 4 aromatic carbocycles. The number of benzene rings is 4. The molecule has 42 heavy (non-hydrogen) atoms. The fourth-order valence-electron chi connectivity index (χ4n) is 5.73. The number of rotatable bonds is 0. The Morgan fingerprint density at radius 1 is 0.452 bits per heavy atom. The fraction of sp³-hybridized carbons (Fsp3) is 0. The first-order chi connectivity index (χ1) is 20.2. The van der Waals surface area contributed by atoms with Gasteiger partial charge in [0.05, 0.1) is 16.5 Å². The van der Waals surface area contributed by atoms with E-state index in [0.29, 0.717) is 45.6 Å². The molecule has 0 saturated heterocycles. The van der Waals surface area contributed by atoms with Crippen molar-refractivity contribution in [2.24, 2.45) is 0 Å². The summed E-state index contributed by atoms with van der Waals surface area (Å²) >= 11 is 0. The fourth-order valence-corrected chi connectivity index (χ4v) is 5.73. The van der Waals surface area contributed by atoms with Gasteiger partial charge in [0, 0.05) is 27.3 Å². The smallest absolute Gasteiger partial charge is 0.740 e. The molecular weight excluding hydrogens is 560 g/mol. The van der Waals surface area contributed by atoms with Gasteiger partial charge in [0.25, 0.3) is 5.82 Å². The summed E-state index contributed by atoms with van der Waals surface area (Å²) in [7, 11) is 0. The Morgan fingerprint density at radius 2 is 0.857 bits per heavy atom. The largest absolute Gasteiger partial charge is 4.00 e. The molecule has 0 saturated carbocycles. The van der Waals surface area contributed by atoms with Crippen LogP contribution in [0.2, 0.25) is 0 Å². The summed E-state index contributed by atoms with van der Waals surface area (Å²) in [6.07, 6.45) is 0. The second-order valence-electron chi connectivity index (χ2n) is 9.97. The Morgan fingerprint density at radius 3 is 1.43 bits per heavy atom. The van der Waals surface area contributed by atoms with E-state index in [9.17, 15) is 5.21 Å². The van der Waals surface area contributed by atoms with Gasteiger partial charge in [-0.25, -0.2) is 14.7 Å². The van der Waals surface area contributed by atoms with E-state index in [1.54, 1.807) is 0 Å². The van der Waals surface area contributed by atoms with Crippen molar-refractivity contribution < 1.29 is 26.4 Å². The molecule has 0 amide bonds. The van der Waals surface area contributed by atoms with E-state index in [2.05, 4.69) is 9.97 Å². The third kappa shape index (κ3) is 3.47. The van der Waals surface area contributed by atoms with Crippen LogP contribution in [-0.2, 0) is 21.7 Å². The summed E-state index contributed by atoms with van der Waals surface area (Å²) in [4.78, 5) is 31.2. The van der Waals surface area contributed by atoms with E-state index in [4.69, 9.17) is 24.9 Å². The van der Waals surface area contributed by atoms with Crippen molar-refractivity contribution in [2.75, 3.05) is 0 Å². The van der Waals surface area contributed by atoms with Gasteiger partial charge in [0.15, 0.2) is 17.3 Å². The van der Waals surface area contributed by atoms with E-state index in [1.807, 2.05) is 97.1 Å². The summed E-state index contributed by atoms with van der Waals surface area (Å²) in [5, 5.41) is 17.4. The SMILES string of the molecule is [O-][n+]1c2nc(nc3[nH]c(nc4nc(nc5[nH]c1c1ccccc51)-c1ccccc1-4)c1ccccc31)-c1ccccc1-2.[Ti+4]. The minimum absolute atomic E-state index is 0. The molecule has 0 fully saturated rings. The van der Waals surface area contributed by atoms with Crippen molar-refractivity contribution in [2.45, 2.75) is 0 Å². The molecule has 0 spiro atoms. The van der Waals surface area contributed by atoms with E-state index in [-0.39, 0.29) is 27.5 Å². The van der Waals surface area contributed by atoms with Crippen LogP contribution in [0, 0.1) is 5.21 Å². The summed E-state index contributed by atoms with van der Waals surface area (Å²) in [5.41, 5.74) is 5.34. The van der Waals surface area contributed by atoms with Gasteiger partial charge in [-0.15, -0.1) is 0 Å². The van der Waals surface area contributed by atoms with Crippen LogP contribution in [0.4, 0.5) is 0 Å². The third-order valence-electron chi connectivity index (χ3n) is 7.64. The van der Waals surface area contributed by atoms with Gasteiger partial charge >= 0.3 is 21.7 Å². The zero-order valence-electron chi connectivity index (χ0n) is 21.8. The van der Waals surface area contributed by atoms with Gasteiger partial charge in [-0.05, 0) is 24.3 Å². The second-order valence-corrected chi connectivity index (χ2v) is 9.97. The summed E-state index contributed by atoms with van der Waals surface area (Å²) in [6, 6.07) is 31.1. The van der Waals surface area contributed by atoms with Crippen LogP contribution < -0.4 is 4.73 Å². The number of fused-ring (bicyclic) bond motifs is 20. The van der Waals surface area contributed by atoms with E-state index in [0.717, 1.165) is 43.0 Å². The number of hydrogen-bond donors (Lipinski definition) is 2. The van der Waals surface area contributed by atoms with Crippen LogP contribution in [0.25, 0.3) is 89.7 Å². The Labute approximate surface area is 252 Å². The molecule has 0 atom stereocenters. The number of aromatic nitrogens is 8. The molecule has 192 valence electrons. The first-order valence-electron chi connectivity index (χ1n) is 13.2. The number of nitrogens with zero attached hydrogens (tertiary/aromatic N) is 6. The topological polar surface area (TPSA) is 123 Å². The van der Waals surface area contributed by atoms with Crippen molar-refractivity contribution >= 4 is 44.1 Å². The first-order valence-corrected chi connectivity index (χ1v) is 13.2. The Hall–Kier alpha value is -5.25. The molecule has 0 unspecified atom stereocenters. The van der Waals surface area contributed by atoms with E-state index in [1.165, 1.54) is 0 Å². The third-order valence-corrected chi connectivity index (χ3v) is 7.64. The van der Waals surface area contributed by atoms with Crippen molar-refractivity contribution in [1.82, 2.24) is 34.9 Å². The molecule has 0 radical (unpaired) electrons. The van der Waals surface area contributed by atoms with Gasteiger partial charge in [-0.2, -0.15) is 9.97 Å². The maximum Gasteiger partial charge on any atom is 4.00 e. The quantitative estimate of drug-likeness (QED) is 0.127. The molecule has 2 aliphatic heterocycles. The Balaban J connectivity index is 0.00000267. The molecule has 5 heterocycles. The molecular formula is C32H18N8OTi+4. The van der Waals surface area contributed by atoms with Gasteiger partial charge in [-0.3, -0.25) is 4.98 Å². The molecule has 9 nitrogen and oxygen atoms in total. The van der Waals surface area contributed by atoms with Crippen LogP contribution in [0.5, 0.6) is 0 Å². The number of aromatic amines is 2. The molecule has 0 aliphatic carbocycles. The molecule has 7 aromatic rings. The Bertz CT molecular complexity index is 2410. The summed E-state index contributed by atoms with van der Waals surface area (Å²) in [6.45, 7) is 0. The van der Waals surface area contributed by atoms with Crippen molar-refractivity contribution in [1.29, 1.82) is 0 Å². The van der Waals surface area contributed by atoms with Crippen LogP contribution in [0.3, 0.4) is 0 Å². The first kappa shape index (κ1) is 24.5. The maximum absolute atomic E-state index is 14.1. The molecule has 2 N–H and O–H groups in total. The zero-order chi connectivity index (χ0) is 27.1. The van der Waals surface area contributed by atoms with Crippen LogP contribution in [0.15, 0.2) is 97.1 Å². The average molecular weight is 578 g/mol. The molecule has 2 aliphatic rings. The number of nitrogens with one attached hydrogen (secondary N) is 2. The molecule has 9 rings (SSSR count). The number of hydrogen-bond acceptors (Lipinski definition) is 6. The van der Waals surface area contributed by atoms with Crippen molar-refractivity contribution in [3.05, 3.63) is 102 Å². The molecule has 10 heteroatoms. The van der Waals surface area contributed by atoms with Crippen molar-refractivity contribution in [3.8, 4) is 45.6 Å². The van der Waals surface area contributed by atoms with Crippen LogP contribution in [0.1, 0.15) is 0 Å². The minimum atomic E-state index is 0. The second kappa shape index (κ2) is 9.14. The van der Waals surface area contributed by atoms with Crippen LogP contribution in [-0.4, -0.2) is 34.9 Å². The van der Waals surface area contributed by atoms with Gasteiger partial charge in [0.2, 0.25) is 11.5 Å². The summed E-state index contributed by atoms with van der Waals surface area (Å²) in [5.74, 6) is 1.76. The maximum atomic E-state index is 14.1. The predicted octanol–water partition coefficient (Wildman–Crippen LogP) is 6.11.